The quantitative estimate of drug-likeness (QED) is 0.746. The van der Waals surface area contributed by atoms with Crippen LogP contribution >= 0.6 is 0 Å². The molecule has 0 bridgehead atoms. The Kier molecular flexibility index (Phi) is 3.92. The van der Waals surface area contributed by atoms with E-state index in [1.807, 2.05) is 12.1 Å². The molecule has 0 saturated carbocycles. The molecule has 0 saturated heterocycles. The van der Waals surface area contributed by atoms with Gasteiger partial charge in [0.15, 0.2) is 0 Å². The predicted molar refractivity (Wildman–Crippen MR) is 90.6 cm³/mol. The van der Waals surface area contributed by atoms with Gasteiger partial charge in [-0.1, -0.05) is 30.3 Å². The van der Waals surface area contributed by atoms with Crippen LogP contribution in [0.1, 0.15) is 5.69 Å². The molecule has 0 amide bonds. The van der Waals surface area contributed by atoms with Crippen molar-refractivity contribution in [3.8, 4) is 16.9 Å². The van der Waals surface area contributed by atoms with Gasteiger partial charge in [0.2, 0.25) is 0 Å². The van der Waals surface area contributed by atoms with Gasteiger partial charge in [-0.05, 0) is 23.8 Å². The fourth-order valence-corrected chi connectivity index (χ4v) is 3.44. The fraction of sp³-hybridized carbons (Fsp3) is 0.263. The van der Waals surface area contributed by atoms with E-state index in [4.69, 9.17) is 0 Å². The summed E-state index contributed by atoms with van der Waals surface area (Å²) in [4.78, 5) is 0. The van der Waals surface area contributed by atoms with Crippen molar-refractivity contribution in [1.82, 2.24) is 9.88 Å². The second-order valence-corrected chi connectivity index (χ2v) is 6.10. The van der Waals surface area contributed by atoms with E-state index < -0.39 is 6.36 Å². The van der Waals surface area contributed by atoms with Gasteiger partial charge in [-0.25, -0.2) is 0 Å². The van der Waals surface area contributed by atoms with Gasteiger partial charge in [0.1, 0.15) is 5.75 Å². The second kappa shape index (κ2) is 6.11. The van der Waals surface area contributed by atoms with Crippen molar-refractivity contribution in [2.45, 2.75) is 19.3 Å². The van der Waals surface area contributed by atoms with Crippen LogP contribution in [0.25, 0.3) is 22.0 Å². The summed E-state index contributed by atoms with van der Waals surface area (Å²) in [5.74, 6) is -0.207. The maximum absolute atomic E-state index is 12.3. The van der Waals surface area contributed by atoms with Crippen molar-refractivity contribution in [2.75, 3.05) is 13.1 Å². The average molecular weight is 346 g/mol. The van der Waals surface area contributed by atoms with Crippen molar-refractivity contribution in [3.63, 3.8) is 0 Å². The first-order valence-electron chi connectivity index (χ1n) is 8.19. The van der Waals surface area contributed by atoms with Gasteiger partial charge >= 0.3 is 6.36 Å². The lowest BCUT2D eigenvalue weighted by atomic mass is 10.0. The molecule has 6 heteroatoms. The van der Waals surface area contributed by atoms with Crippen molar-refractivity contribution >= 4 is 10.9 Å². The number of hydrogen-bond donors (Lipinski definition) is 1. The normalized spacial score (nSPS) is 15.0. The van der Waals surface area contributed by atoms with Gasteiger partial charge in [-0.3, -0.25) is 0 Å². The van der Waals surface area contributed by atoms with Crippen molar-refractivity contribution < 1.29 is 17.9 Å². The van der Waals surface area contributed by atoms with E-state index in [1.165, 1.54) is 17.8 Å². The number of hydrogen-bond acceptors (Lipinski definition) is 2. The maximum Gasteiger partial charge on any atom is 0.573 e. The van der Waals surface area contributed by atoms with Crippen LogP contribution in [-0.4, -0.2) is 24.0 Å². The highest BCUT2D eigenvalue weighted by Gasteiger charge is 2.31. The summed E-state index contributed by atoms with van der Waals surface area (Å²) in [6, 6.07) is 14.3. The van der Waals surface area contributed by atoms with Gasteiger partial charge in [0.25, 0.3) is 0 Å². The minimum absolute atomic E-state index is 0.207. The highest BCUT2D eigenvalue weighted by atomic mass is 19.4. The van der Waals surface area contributed by atoms with E-state index in [2.05, 4.69) is 26.8 Å². The first-order chi connectivity index (χ1) is 12.0. The molecule has 3 nitrogen and oxygen atoms in total. The Hall–Kier alpha value is -2.47. The van der Waals surface area contributed by atoms with E-state index in [0.29, 0.717) is 0 Å². The van der Waals surface area contributed by atoms with Gasteiger partial charge < -0.3 is 14.6 Å². The third-order valence-corrected chi connectivity index (χ3v) is 4.47. The van der Waals surface area contributed by atoms with E-state index in [-0.39, 0.29) is 5.75 Å². The number of ether oxygens (including phenoxy) is 1. The minimum atomic E-state index is -4.67. The third-order valence-electron chi connectivity index (χ3n) is 4.47. The van der Waals surface area contributed by atoms with Gasteiger partial charge in [0, 0.05) is 42.7 Å². The Morgan fingerprint density at radius 2 is 1.80 bits per heavy atom. The topological polar surface area (TPSA) is 26.2 Å². The third kappa shape index (κ3) is 3.22. The zero-order valence-electron chi connectivity index (χ0n) is 13.4. The number of alkyl halides is 3. The van der Waals surface area contributed by atoms with Crippen LogP contribution < -0.4 is 10.1 Å². The molecule has 1 N–H and O–H groups in total. The van der Waals surface area contributed by atoms with Crippen LogP contribution in [0.4, 0.5) is 13.2 Å². The molecule has 0 spiro atoms. The molecule has 0 radical (unpaired) electrons. The number of rotatable bonds is 2. The first kappa shape index (κ1) is 16.0. The monoisotopic (exact) mass is 346 g/mol. The van der Waals surface area contributed by atoms with Crippen molar-refractivity contribution in [3.05, 3.63) is 54.2 Å². The largest absolute Gasteiger partial charge is 0.573 e. The summed E-state index contributed by atoms with van der Waals surface area (Å²) in [6.07, 6.45) is -3.71. The zero-order chi connectivity index (χ0) is 17.4. The zero-order valence-corrected chi connectivity index (χ0v) is 13.4. The van der Waals surface area contributed by atoms with Crippen LogP contribution in [0.5, 0.6) is 5.75 Å². The number of nitrogens with one attached hydrogen (secondary N) is 1. The van der Waals surface area contributed by atoms with Crippen LogP contribution in [0.2, 0.25) is 0 Å². The molecule has 1 aliphatic rings. The molecule has 0 fully saturated rings. The molecule has 0 aliphatic carbocycles. The summed E-state index contributed by atoms with van der Waals surface area (Å²) in [5.41, 5.74) is 4.30. The molecule has 130 valence electrons. The summed E-state index contributed by atoms with van der Waals surface area (Å²) in [5, 5.41) is 4.55. The lowest BCUT2D eigenvalue weighted by Crippen LogP contribution is -2.17. The van der Waals surface area contributed by atoms with Crippen molar-refractivity contribution in [2.24, 2.45) is 0 Å². The highest BCUT2D eigenvalue weighted by molar-refractivity contribution is 5.95. The Bertz CT molecular complexity index is 897. The Balaban J connectivity index is 1.77. The SMILES string of the molecule is FC(F)(F)Oc1ccc(-c2cccc3cc4n(c23)CCNCC4)cc1. The summed E-state index contributed by atoms with van der Waals surface area (Å²) >= 11 is 0. The molecular weight excluding hydrogens is 329 g/mol. The fourth-order valence-electron chi connectivity index (χ4n) is 3.44. The molecule has 0 atom stereocenters. The van der Waals surface area contributed by atoms with Gasteiger partial charge in [0.05, 0.1) is 5.52 Å². The second-order valence-electron chi connectivity index (χ2n) is 6.10. The average Bonchev–Trinajstić information content (AvgIpc) is 2.76. The van der Waals surface area contributed by atoms with Gasteiger partial charge in [-0.15, -0.1) is 13.2 Å². The Morgan fingerprint density at radius 1 is 1.00 bits per heavy atom. The van der Waals surface area contributed by atoms with Crippen LogP contribution in [-0.2, 0) is 13.0 Å². The molecule has 1 aliphatic heterocycles. The molecule has 4 rings (SSSR count). The highest BCUT2D eigenvalue weighted by Crippen LogP contribution is 2.33. The predicted octanol–water partition coefficient (Wildman–Crippen LogP) is 4.35. The van der Waals surface area contributed by atoms with E-state index in [9.17, 15) is 13.2 Å². The number of fused-ring (bicyclic) bond motifs is 3. The molecule has 3 aromatic rings. The number of nitrogens with zero attached hydrogens (tertiary/aromatic N) is 1. The smallest absolute Gasteiger partial charge is 0.406 e. The van der Waals surface area contributed by atoms with E-state index >= 15 is 0 Å². The molecular formula is C19H17F3N2O. The minimum Gasteiger partial charge on any atom is -0.406 e. The maximum atomic E-state index is 12.3. The molecule has 2 aromatic carbocycles. The molecule has 1 aromatic heterocycles. The number of aromatic nitrogens is 1. The number of halogens is 3. The molecule has 25 heavy (non-hydrogen) atoms. The Morgan fingerprint density at radius 3 is 2.56 bits per heavy atom. The van der Waals surface area contributed by atoms with Gasteiger partial charge in [-0.2, -0.15) is 0 Å². The molecule has 0 unspecified atom stereocenters. The van der Waals surface area contributed by atoms with E-state index in [1.54, 1.807) is 12.1 Å². The molecule has 2 heterocycles. The number of benzene rings is 2. The lowest BCUT2D eigenvalue weighted by Gasteiger charge is -2.12. The summed E-state index contributed by atoms with van der Waals surface area (Å²) in [6.45, 7) is 2.74. The lowest BCUT2D eigenvalue weighted by molar-refractivity contribution is -0.274. The van der Waals surface area contributed by atoms with Crippen molar-refractivity contribution in [1.29, 1.82) is 0 Å². The Labute approximate surface area is 143 Å². The van der Waals surface area contributed by atoms with Crippen LogP contribution in [0.3, 0.4) is 0 Å². The summed E-state index contributed by atoms with van der Waals surface area (Å²) in [7, 11) is 0. The summed E-state index contributed by atoms with van der Waals surface area (Å²) < 4.78 is 43.2. The first-order valence-corrected chi connectivity index (χ1v) is 8.19. The standard InChI is InChI=1S/C19H17F3N2O/c20-19(21,22)25-16-6-4-13(5-7-16)17-3-1-2-14-12-15-8-9-23-10-11-24(15)18(14)17/h1-7,12,23H,8-11H2. The van der Waals surface area contributed by atoms with Crippen LogP contribution in [0, 0.1) is 0 Å². The van der Waals surface area contributed by atoms with Crippen LogP contribution in [0.15, 0.2) is 48.5 Å². The van der Waals surface area contributed by atoms with E-state index in [0.717, 1.165) is 48.1 Å². The number of para-hydroxylation sites is 1.